The topological polar surface area (TPSA) is 79.1 Å². The molecule has 0 fully saturated rings. The molecule has 0 saturated heterocycles. The molecule has 2 atom stereocenters. The second-order valence-corrected chi connectivity index (χ2v) is 5.17. The Labute approximate surface area is 132 Å². The van der Waals surface area contributed by atoms with Crippen LogP contribution in [-0.2, 0) is 30.9 Å². The number of hydrogen-bond acceptors (Lipinski definition) is 6. The highest BCUT2D eigenvalue weighted by molar-refractivity contribution is 6.15. The van der Waals surface area contributed by atoms with Crippen molar-refractivity contribution in [1.29, 1.82) is 0 Å². The molecule has 0 spiro atoms. The zero-order chi connectivity index (χ0) is 16.6. The molecule has 0 N–H and O–H groups in total. The van der Waals surface area contributed by atoms with Crippen LogP contribution in [0.4, 0.5) is 0 Å². The number of fused-ring (bicyclic) bond motifs is 1. The number of nitrogens with zero attached hydrogens (tertiary/aromatic N) is 2. The summed E-state index contributed by atoms with van der Waals surface area (Å²) in [5, 5.41) is 4.96. The average Bonchev–Trinajstić information content (AvgIpc) is 3.15. The summed E-state index contributed by atoms with van der Waals surface area (Å²) in [7, 11) is 4.35. The van der Waals surface area contributed by atoms with Crippen molar-refractivity contribution in [2.24, 2.45) is 18.1 Å². The number of esters is 2. The maximum atomic E-state index is 12.2. The summed E-state index contributed by atoms with van der Waals surface area (Å²) < 4.78 is 11.4. The van der Waals surface area contributed by atoms with Gasteiger partial charge in [-0.25, -0.2) is 4.79 Å². The number of methoxy groups -OCH3 is 2. The van der Waals surface area contributed by atoms with E-state index in [9.17, 15) is 9.59 Å². The van der Waals surface area contributed by atoms with Gasteiger partial charge < -0.3 is 18.9 Å². The number of carbonyl (C=O) groups excluding carboxylic acids is 2. The van der Waals surface area contributed by atoms with Crippen molar-refractivity contribution >= 4 is 28.6 Å². The van der Waals surface area contributed by atoms with Crippen molar-refractivity contribution in [3.8, 4) is 0 Å². The lowest BCUT2D eigenvalue weighted by atomic mass is 9.95. The molecule has 0 saturated carbocycles. The summed E-state index contributed by atoms with van der Waals surface area (Å²) in [5.41, 5.74) is 2.02. The molecule has 7 nitrogen and oxygen atoms in total. The van der Waals surface area contributed by atoms with E-state index in [1.165, 1.54) is 14.2 Å². The number of aryl methyl sites for hydroxylation is 1. The molecule has 3 rings (SSSR count). The fourth-order valence-electron chi connectivity index (χ4n) is 2.77. The van der Waals surface area contributed by atoms with E-state index in [0.717, 1.165) is 10.9 Å². The normalized spacial score (nSPS) is 20.0. The Morgan fingerprint density at radius 3 is 2.52 bits per heavy atom. The van der Waals surface area contributed by atoms with Crippen LogP contribution in [0.2, 0.25) is 0 Å². The van der Waals surface area contributed by atoms with Crippen molar-refractivity contribution < 1.29 is 23.9 Å². The zero-order valence-corrected chi connectivity index (χ0v) is 13.0. The molecule has 2 aromatic rings. The second-order valence-electron chi connectivity index (χ2n) is 5.17. The van der Waals surface area contributed by atoms with Gasteiger partial charge in [-0.1, -0.05) is 23.4 Å². The van der Waals surface area contributed by atoms with Gasteiger partial charge in [-0.15, -0.1) is 0 Å². The number of benzene rings is 1. The molecule has 1 aliphatic rings. The largest absolute Gasteiger partial charge is 0.468 e. The predicted octanol–water partition coefficient (Wildman–Crippen LogP) is 1.24. The Hall–Kier alpha value is -2.83. The zero-order valence-electron chi connectivity index (χ0n) is 13.0. The molecule has 0 radical (unpaired) electrons. The number of oxime groups is 1. The molecule has 1 aliphatic heterocycles. The van der Waals surface area contributed by atoms with E-state index in [-0.39, 0.29) is 0 Å². The Bertz CT molecular complexity index is 808. The molecule has 0 aliphatic carbocycles. The summed E-state index contributed by atoms with van der Waals surface area (Å²) in [6.45, 7) is 0. The Kier molecular flexibility index (Phi) is 3.77. The summed E-state index contributed by atoms with van der Waals surface area (Å²) in [6, 6.07) is 9.66. The van der Waals surface area contributed by atoms with E-state index in [0.29, 0.717) is 11.4 Å². The minimum atomic E-state index is -1.14. The van der Waals surface area contributed by atoms with Gasteiger partial charge in [0, 0.05) is 18.0 Å². The standard InChI is InChI=1S/C16H16N2O5/c1-18-10-7-5-4-6-9(10)8-11(18)13-12(15(19)21-2)14(23-17-13)16(20)22-3/h4-8,12,14H,1-3H3/t12-,14-/m1/s1. The van der Waals surface area contributed by atoms with Crippen LogP contribution in [0.25, 0.3) is 10.9 Å². The SMILES string of the molecule is COC(=O)[C@@H]1C(c2cc3ccccc3n2C)=NO[C@H]1C(=O)OC. The molecule has 7 heteroatoms. The number of hydrogen-bond donors (Lipinski definition) is 0. The monoisotopic (exact) mass is 316 g/mol. The summed E-state index contributed by atoms with van der Waals surface area (Å²) in [5.74, 6) is -2.23. The van der Waals surface area contributed by atoms with Crippen molar-refractivity contribution in [1.82, 2.24) is 4.57 Å². The maximum absolute atomic E-state index is 12.2. The van der Waals surface area contributed by atoms with Crippen LogP contribution in [0.5, 0.6) is 0 Å². The highest BCUT2D eigenvalue weighted by Crippen LogP contribution is 2.28. The van der Waals surface area contributed by atoms with Gasteiger partial charge >= 0.3 is 11.9 Å². The third-order valence-corrected chi connectivity index (χ3v) is 3.96. The van der Waals surface area contributed by atoms with Crippen LogP contribution >= 0.6 is 0 Å². The van der Waals surface area contributed by atoms with Crippen LogP contribution in [-0.4, -0.2) is 42.5 Å². The summed E-state index contributed by atoms with van der Waals surface area (Å²) in [4.78, 5) is 29.2. The van der Waals surface area contributed by atoms with E-state index < -0.39 is 24.0 Å². The molecule has 0 bridgehead atoms. The lowest BCUT2D eigenvalue weighted by Crippen LogP contribution is -2.38. The molecule has 0 amide bonds. The van der Waals surface area contributed by atoms with Crippen LogP contribution in [0, 0.1) is 5.92 Å². The van der Waals surface area contributed by atoms with E-state index in [4.69, 9.17) is 9.57 Å². The highest BCUT2D eigenvalue weighted by atomic mass is 16.7. The van der Waals surface area contributed by atoms with E-state index >= 15 is 0 Å². The Balaban J connectivity index is 2.08. The fraction of sp³-hybridized carbons (Fsp3) is 0.312. The van der Waals surface area contributed by atoms with Gasteiger partial charge in [-0.05, 0) is 12.1 Å². The number of rotatable bonds is 3. The first-order chi connectivity index (χ1) is 11.1. The Morgan fingerprint density at radius 1 is 1.17 bits per heavy atom. The van der Waals surface area contributed by atoms with Gasteiger partial charge in [0.1, 0.15) is 5.71 Å². The van der Waals surface area contributed by atoms with E-state index in [1.54, 1.807) is 0 Å². The lowest BCUT2D eigenvalue weighted by molar-refractivity contribution is -0.161. The van der Waals surface area contributed by atoms with Gasteiger partial charge in [-0.3, -0.25) is 4.79 Å². The van der Waals surface area contributed by atoms with Crippen molar-refractivity contribution in [3.63, 3.8) is 0 Å². The Morgan fingerprint density at radius 2 is 1.87 bits per heavy atom. The van der Waals surface area contributed by atoms with Crippen molar-refractivity contribution in [2.45, 2.75) is 6.10 Å². The molecule has 0 unspecified atom stereocenters. The van der Waals surface area contributed by atoms with Crippen LogP contribution in [0.3, 0.4) is 0 Å². The lowest BCUT2D eigenvalue weighted by Gasteiger charge is -2.15. The number of ether oxygens (including phenoxy) is 2. The van der Waals surface area contributed by atoms with Crippen molar-refractivity contribution in [2.75, 3.05) is 14.2 Å². The maximum Gasteiger partial charge on any atom is 0.351 e. The molecule has 2 heterocycles. The summed E-state index contributed by atoms with van der Waals surface area (Å²) in [6.07, 6.45) is -1.14. The van der Waals surface area contributed by atoms with Gasteiger partial charge in [0.25, 0.3) is 0 Å². The summed E-state index contributed by atoms with van der Waals surface area (Å²) >= 11 is 0. The van der Waals surface area contributed by atoms with Gasteiger partial charge in [-0.2, -0.15) is 0 Å². The van der Waals surface area contributed by atoms with Gasteiger partial charge in [0.05, 0.1) is 19.9 Å². The van der Waals surface area contributed by atoms with Crippen LogP contribution < -0.4 is 0 Å². The van der Waals surface area contributed by atoms with E-state index in [1.807, 2.05) is 41.9 Å². The molecule has 23 heavy (non-hydrogen) atoms. The minimum absolute atomic E-state index is 0.353. The molecule has 120 valence electrons. The van der Waals surface area contributed by atoms with Gasteiger partial charge in [0.15, 0.2) is 5.92 Å². The molecule has 1 aromatic carbocycles. The fourth-order valence-corrected chi connectivity index (χ4v) is 2.77. The molecular weight excluding hydrogens is 300 g/mol. The minimum Gasteiger partial charge on any atom is -0.468 e. The first-order valence-electron chi connectivity index (χ1n) is 7.02. The quantitative estimate of drug-likeness (QED) is 0.796. The van der Waals surface area contributed by atoms with Gasteiger partial charge in [0.2, 0.25) is 6.10 Å². The van der Waals surface area contributed by atoms with E-state index in [2.05, 4.69) is 9.89 Å². The smallest absolute Gasteiger partial charge is 0.351 e. The highest BCUT2D eigenvalue weighted by Gasteiger charge is 2.47. The second kappa shape index (κ2) is 5.75. The number of carbonyl (C=O) groups is 2. The third kappa shape index (κ3) is 2.34. The third-order valence-electron chi connectivity index (χ3n) is 3.96. The number of para-hydroxylation sites is 1. The first kappa shape index (κ1) is 15.1. The predicted molar refractivity (Wildman–Crippen MR) is 81.9 cm³/mol. The van der Waals surface area contributed by atoms with Crippen LogP contribution in [0.1, 0.15) is 5.69 Å². The number of aromatic nitrogens is 1. The van der Waals surface area contributed by atoms with Crippen LogP contribution in [0.15, 0.2) is 35.5 Å². The molecular formula is C16H16N2O5. The van der Waals surface area contributed by atoms with Crippen molar-refractivity contribution in [3.05, 3.63) is 36.0 Å². The average molecular weight is 316 g/mol. The first-order valence-corrected chi connectivity index (χ1v) is 7.02. The molecule has 1 aromatic heterocycles.